The lowest BCUT2D eigenvalue weighted by Crippen LogP contribution is -2.25. The minimum atomic E-state index is -0.327. The Balaban J connectivity index is 2.01. The summed E-state index contributed by atoms with van der Waals surface area (Å²) in [4.78, 5) is 3.96. The molecule has 0 spiro atoms. The molecule has 2 N–H and O–H groups in total. The Morgan fingerprint density at radius 3 is 2.56 bits per heavy atom. The van der Waals surface area contributed by atoms with Gasteiger partial charge in [-0.2, -0.15) is 0 Å². The standard InChI is InChI=1S/C14H14ClFN2/c15-14-9-12(16)2-1-11(14)8-13(17)7-10-3-5-18-6-4-10/h1-6,9,13H,7-8,17H2. The zero-order valence-electron chi connectivity index (χ0n) is 9.81. The van der Waals surface area contributed by atoms with Gasteiger partial charge in [-0.25, -0.2) is 4.39 Å². The van der Waals surface area contributed by atoms with Crippen molar-refractivity contribution >= 4 is 11.6 Å². The fourth-order valence-corrected chi connectivity index (χ4v) is 2.11. The molecule has 0 bridgehead atoms. The van der Waals surface area contributed by atoms with E-state index in [-0.39, 0.29) is 11.9 Å². The third-order valence-corrected chi connectivity index (χ3v) is 3.10. The van der Waals surface area contributed by atoms with Gasteiger partial charge in [-0.05, 0) is 48.2 Å². The van der Waals surface area contributed by atoms with Crippen LogP contribution in [0.3, 0.4) is 0 Å². The number of halogens is 2. The number of nitrogens with two attached hydrogens (primary N) is 1. The molecule has 1 unspecified atom stereocenters. The highest BCUT2D eigenvalue weighted by atomic mass is 35.5. The summed E-state index contributed by atoms with van der Waals surface area (Å²) in [6, 6.07) is 8.23. The predicted molar refractivity (Wildman–Crippen MR) is 71.0 cm³/mol. The first-order valence-corrected chi connectivity index (χ1v) is 6.11. The van der Waals surface area contributed by atoms with Crippen molar-refractivity contribution in [1.29, 1.82) is 0 Å². The van der Waals surface area contributed by atoms with Crippen molar-refractivity contribution in [3.05, 3.63) is 64.7 Å². The van der Waals surface area contributed by atoms with Crippen LogP contribution in [0.15, 0.2) is 42.7 Å². The highest BCUT2D eigenvalue weighted by Gasteiger charge is 2.09. The molecule has 0 saturated carbocycles. The maximum Gasteiger partial charge on any atom is 0.124 e. The first-order valence-electron chi connectivity index (χ1n) is 5.73. The van der Waals surface area contributed by atoms with E-state index >= 15 is 0 Å². The molecule has 1 heterocycles. The Labute approximate surface area is 111 Å². The van der Waals surface area contributed by atoms with Gasteiger partial charge in [0, 0.05) is 23.5 Å². The molecule has 0 aliphatic rings. The Morgan fingerprint density at radius 1 is 1.17 bits per heavy atom. The molecule has 2 rings (SSSR count). The van der Waals surface area contributed by atoms with Crippen LogP contribution in [0, 0.1) is 5.82 Å². The number of hydrogen-bond acceptors (Lipinski definition) is 2. The van der Waals surface area contributed by atoms with Crippen molar-refractivity contribution < 1.29 is 4.39 Å². The maximum atomic E-state index is 12.9. The minimum absolute atomic E-state index is 0.0460. The largest absolute Gasteiger partial charge is 0.327 e. The van der Waals surface area contributed by atoms with Gasteiger partial charge < -0.3 is 5.73 Å². The lowest BCUT2D eigenvalue weighted by molar-refractivity contribution is 0.623. The smallest absolute Gasteiger partial charge is 0.124 e. The number of rotatable bonds is 4. The van der Waals surface area contributed by atoms with E-state index in [1.165, 1.54) is 12.1 Å². The van der Waals surface area contributed by atoms with Gasteiger partial charge in [-0.1, -0.05) is 17.7 Å². The molecule has 2 nitrogen and oxygen atoms in total. The van der Waals surface area contributed by atoms with Gasteiger partial charge >= 0.3 is 0 Å². The van der Waals surface area contributed by atoms with Crippen molar-refractivity contribution in [2.24, 2.45) is 5.73 Å². The second-order valence-electron chi connectivity index (χ2n) is 4.26. The summed E-state index contributed by atoms with van der Waals surface area (Å²) in [6.07, 6.45) is 4.86. The zero-order valence-corrected chi connectivity index (χ0v) is 10.6. The molecule has 0 aliphatic heterocycles. The van der Waals surface area contributed by atoms with Crippen LogP contribution < -0.4 is 5.73 Å². The second kappa shape index (κ2) is 5.94. The van der Waals surface area contributed by atoms with Gasteiger partial charge in [-0.3, -0.25) is 4.98 Å². The summed E-state index contributed by atoms with van der Waals surface area (Å²) in [5.41, 5.74) is 8.08. The molecule has 94 valence electrons. The van der Waals surface area contributed by atoms with Crippen molar-refractivity contribution in [2.75, 3.05) is 0 Å². The molecule has 0 saturated heterocycles. The van der Waals surface area contributed by atoms with E-state index in [4.69, 9.17) is 17.3 Å². The van der Waals surface area contributed by atoms with Crippen LogP contribution in [-0.4, -0.2) is 11.0 Å². The van der Waals surface area contributed by atoms with Crippen LogP contribution in [0.4, 0.5) is 4.39 Å². The molecule has 0 radical (unpaired) electrons. The van der Waals surface area contributed by atoms with Crippen LogP contribution in [0.2, 0.25) is 5.02 Å². The summed E-state index contributed by atoms with van der Waals surface area (Å²) in [7, 11) is 0. The normalized spacial score (nSPS) is 12.4. The van der Waals surface area contributed by atoms with Gasteiger partial charge in [0.15, 0.2) is 0 Å². The SMILES string of the molecule is NC(Cc1ccncc1)Cc1ccc(F)cc1Cl. The van der Waals surface area contributed by atoms with Gasteiger partial charge in [-0.15, -0.1) is 0 Å². The molecular formula is C14H14ClFN2. The fraction of sp³-hybridized carbons (Fsp3) is 0.214. The lowest BCUT2D eigenvalue weighted by atomic mass is 10.0. The van der Waals surface area contributed by atoms with E-state index in [2.05, 4.69) is 4.98 Å². The van der Waals surface area contributed by atoms with Crippen LogP contribution in [0.1, 0.15) is 11.1 Å². The molecule has 1 aromatic heterocycles. The first-order chi connectivity index (χ1) is 8.65. The maximum absolute atomic E-state index is 12.9. The molecule has 1 aromatic carbocycles. The summed E-state index contributed by atoms with van der Waals surface area (Å²) < 4.78 is 12.9. The van der Waals surface area contributed by atoms with Gasteiger partial charge in [0.25, 0.3) is 0 Å². The summed E-state index contributed by atoms with van der Waals surface area (Å²) in [5, 5.41) is 0.431. The molecule has 0 amide bonds. The van der Waals surface area contributed by atoms with Crippen LogP contribution in [-0.2, 0) is 12.8 Å². The summed E-state index contributed by atoms with van der Waals surface area (Å²) in [5.74, 6) is -0.327. The molecular weight excluding hydrogens is 251 g/mol. The number of nitrogens with zero attached hydrogens (tertiary/aromatic N) is 1. The molecule has 18 heavy (non-hydrogen) atoms. The number of benzene rings is 1. The average Bonchev–Trinajstić information content (AvgIpc) is 2.34. The van der Waals surface area contributed by atoms with Crippen LogP contribution >= 0.6 is 11.6 Å². The van der Waals surface area contributed by atoms with Gasteiger partial charge in [0.1, 0.15) is 5.82 Å². The van der Waals surface area contributed by atoms with Crippen LogP contribution in [0.25, 0.3) is 0 Å². The van der Waals surface area contributed by atoms with Crippen molar-refractivity contribution in [3.8, 4) is 0 Å². The fourth-order valence-electron chi connectivity index (χ4n) is 1.86. The third-order valence-electron chi connectivity index (χ3n) is 2.74. The number of aromatic nitrogens is 1. The second-order valence-corrected chi connectivity index (χ2v) is 4.67. The van der Waals surface area contributed by atoms with E-state index in [1.54, 1.807) is 18.5 Å². The highest BCUT2D eigenvalue weighted by Crippen LogP contribution is 2.19. The molecule has 1 atom stereocenters. The minimum Gasteiger partial charge on any atom is -0.327 e. The number of hydrogen-bond donors (Lipinski definition) is 1. The highest BCUT2D eigenvalue weighted by molar-refractivity contribution is 6.31. The topological polar surface area (TPSA) is 38.9 Å². The van der Waals surface area contributed by atoms with Gasteiger partial charge in [0.2, 0.25) is 0 Å². The monoisotopic (exact) mass is 264 g/mol. The Hall–Kier alpha value is -1.45. The number of pyridine rings is 1. The van der Waals surface area contributed by atoms with Crippen molar-refractivity contribution in [3.63, 3.8) is 0 Å². The zero-order chi connectivity index (χ0) is 13.0. The summed E-state index contributed by atoms with van der Waals surface area (Å²) >= 11 is 5.97. The van der Waals surface area contributed by atoms with Crippen LogP contribution in [0.5, 0.6) is 0 Å². The average molecular weight is 265 g/mol. The van der Waals surface area contributed by atoms with Crippen molar-refractivity contribution in [2.45, 2.75) is 18.9 Å². The first kappa shape index (κ1) is 13.0. The Kier molecular flexibility index (Phi) is 4.28. The quantitative estimate of drug-likeness (QED) is 0.922. The third kappa shape index (κ3) is 3.52. The molecule has 0 fully saturated rings. The van der Waals surface area contributed by atoms with E-state index < -0.39 is 0 Å². The lowest BCUT2D eigenvalue weighted by Gasteiger charge is -2.12. The van der Waals surface area contributed by atoms with E-state index in [9.17, 15) is 4.39 Å². The van der Waals surface area contributed by atoms with E-state index in [0.29, 0.717) is 11.4 Å². The van der Waals surface area contributed by atoms with E-state index in [1.807, 2.05) is 12.1 Å². The van der Waals surface area contributed by atoms with E-state index in [0.717, 1.165) is 17.5 Å². The predicted octanol–water partition coefficient (Wildman–Crippen LogP) is 2.99. The Morgan fingerprint density at radius 2 is 1.89 bits per heavy atom. The molecule has 0 aliphatic carbocycles. The Bertz CT molecular complexity index is 516. The van der Waals surface area contributed by atoms with Crippen molar-refractivity contribution in [1.82, 2.24) is 4.98 Å². The summed E-state index contributed by atoms with van der Waals surface area (Å²) in [6.45, 7) is 0. The van der Waals surface area contributed by atoms with Gasteiger partial charge in [0.05, 0.1) is 0 Å². The molecule has 2 aromatic rings. The molecule has 4 heteroatoms.